The minimum atomic E-state index is 0.0825. The molecule has 4 rings (SSSR count). The maximum Gasteiger partial charge on any atom is 0.233 e. The van der Waals surface area contributed by atoms with Gasteiger partial charge in [-0.2, -0.15) is 0 Å². The second-order valence-corrected chi connectivity index (χ2v) is 9.36. The maximum absolute atomic E-state index is 13.2. The number of hydrogen-bond donors (Lipinski definition) is 0. The molecule has 1 aliphatic rings. The topological polar surface area (TPSA) is 60.2 Å². The second-order valence-electron chi connectivity index (χ2n) is 8.41. The molecule has 3 aromatic rings. The first-order valence-corrected chi connectivity index (χ1v) is 12.1. The van der Waals surface area contributed by atoms with Crippen LogP contribution in [-0.2, 0) is 16.1 Å². The number of carbonyl (C=O) groups excluding carboxylic acids is 1. The molecule has 6 nitrogen and oxygen atoms in total. The third-order valence-corrected chi connectivity index (χ3v) is 6.62. The molecule has 1 aliphatic heterocycles. The average molecular weight is 451 g/mol. The fraction of sp³-hybridized carbons (Fsp3) is 0.400. The van der Waals surface area contributed by atoms with Gasteiger partial charge in [-0.1, -0.05) is 68.1 Å². The van der Waals surface area contributed by atoms with Gasteiger partial charge in [0.2, 0.25) is 5.91 Å². The van der Waals surface area contributed by atoms with Gasteiger partial charge < -0.3 is 9.64 Å². The van der Waals surface area contributed by atoms with Gasteiger partial charge in [-0.15, -0.1) is 10.2 Å². The summed E-state index contributed by atoms with van der Waals surface area (Å²) in [4.78, 5) is 15.1. The predicted octanol–water partition coefficient (Wildman–Crippen LogP) is 4.69. The van der Waals surface area contributed by atoms with Gasteiger partial charge in [0.15, 0.2) is 5.16 Å². The Morgan fingerprint density at radius 1 is 1.19 bits per heavy atom. The van der Waals surface area contributed by atoms with Crippen molar-refractivity contribution >= 4 is 17.7 Å². The van der Waals surface area contributed by atoms with Crippen LogP contribution in [0.3, 0.4) is 0 Å². The summed E-state index contributed by atoms with van der Waals surface area (Å²) in [6.45, 7) is 6.35. The zero-order chi connectivity index (χ0) is 22.3. The number of hydrogen-bond acceptors (Lipinski definition) is 5. The normalized spacial score (nSPS) is 15.9. The lowest BCUT2D eigenvalue weighted by Gasteiger charge is -2.25. The summed E-state index contributed by atoms with van der Waals surface area (Å²) in [7, 11) is 0. The third kappa shape index (κ3) is 5.78. The van der Waals surface area contributed by atoms with E-state index in [0.717, 1.165) is 30.7 Å². The molecule has 1 saturated heterocycles. The number of amides is 1. The van der Waals surface area contributed by atoms with Crippen LogP contribution in [-0.4, -0.2) is 50.6 Å². The van der Waals surface area contributed by atoms with E-state index in [0.29, 0.717) is 29.9 Å². The Hall–Kier alpha value is -2.64. The van der Waals surface area contributed by atoms with E-state index in [9.17, 15) is 4.79 Å². The molecule has 0 bridgehead atoms. The standard InChI is InChI=1S/C25H30N4O2S/c1-19(2)21-10-12-22(13-11-21)29-18-26-27-25(29)32-17-24(30)28(16-23-9-6-14-31-23)15-20-7-4-3-5-8-20/h3-5,7-8,10-13,18-19,23H,6,9,14-17H2,1-2H3. The Morgan fingerprint density at radius 3 is 2.66 bits per heavy atom. The smallest absolute Gasteiger partial charge is 0.233 e. The number of thioether (sulfide) groups is 1. The van der Waals surface area contributed by atoms with Crippen molar-refractivity contribution in [1.82, 2.24) is 19.7 Å². The van der Waals surface area contributed by atoms with Crippen molar-refractivity contribution in [3.63, 3.8) is 0 Å². The van der Waals surface area contributed by atoms with Crippen molar-refractivity contribution in [2.45, 2.75) is 50.4 Å². The Labute approximate surface area is 194 Å². The van der Waals surface area contributed by atoms with E-state index in [2.05, 4.69) is 60.4 Å². The highest BCUT2D eigenvalue weighted by Gasteiger charge is 2.23. The van der Waals surface area contributed by atoms with Crippen molar-refractivity contribution in [2.24, 2.45) is 0 Å². The fourth-order valence-electron chi connectivity index (χ4n) is 3.83. The minimum absolute atomic E-state index is 0.0825. The number of carbonyl (C=O) groups is 1. The Bertz CT molecular complexity index is 998. The molecule has 0 saturated carbocycles. The molecule has 0 spiro atoms. The third-order valence-electron chi connectivity index (χ3n) is 5.70. The van der Waals surface area contributed by atoms with Crippen molar-refractivity contribution in [1.29, 1.82) is 0 Å². The van der Waals surface area contributed by atoms with E-state index in [4.69, 9.17) is 4.74 Å². The van der Waals surface area contributed by atoms with Crippen LogP contribution >= 0.6 is 11.8 Å². The van der Waals surface area contributed by atoms with Crippen LogP contribution in [0.2, 0.25) is 0 Å². The highest BCUT2D eigenvalue weighted by molar-refractivity contribution is 7.99. The van der Waals surface area contributed by atoms with Crippen LogP contribution in [0, 0.1) is 0 Å². The van der Waals surface area contributed by atoms with Gasteiger partial charge in [0.1, 0.15) is 6.33 Å². The van der Waals surface area contributed by atoms with Crippen LogP contribution in [0.4, 0.5) is 0 Å². The van der Waals surface area contributed by atoms with E-state index in [1.807, 2.05) is 27.7 Å². The number of rotatable bonds is 9. The van der Waals surface area contributed by atoms with E-state index in [1.165, 1.54) is 17.3 Å². The molecule has 2 heterocycles. The lowest BCUT2D eigenvalue weighted by atomic mass is 10.0. The Balaban J connectivity index is 1.43. The summed E-state index contributed by atoms with van der Waals surface area (Å²) >= 11 is 1.42. The first kappa shape index (κ1) is 22.6. The average Bonchev–Trinajstić information content (AvgIpc) is 3.50. The molecule has 0 radical (unpaired) electrons. The summed E-state index contributed by atoms with van der Waals surface area (Å²) in [5, 5.41) is 9.04. The lowest BCUT2D eigenvalue weighted by molar-refractivity contribution is -0.130. The van der Waals surface area contributed by atoms with Gasteiger partial charge >= 0.3 is 0 Å². The van der Waals surface area contributed by atoms with Crippen LogP contribution in [0.1, 0.15) is 43.7 Å². The van der Waals surface area contributed by atoms with Gasteiger partial charge in [-0.25, -0.2) is 0 Å². The first-order chi connectivity index (χ1) is 15.6. The molecule has 1 atom stereocenters. The molecule has 0 N–H and O–H groups in total. The predicted molar refractivity (Wildman–Crippen MR) is 127 cm³/mol. The summed E-state index contributed by atoms with van der Waals surface area (Å²) in [5.74, 6) is 0.873. The monoisotopic (exact) mass is 450 g/mol. The van der Waals surface area contributed by atoms with E-state index < -0.39 is 0 Å². The summed E-state index contributed by atoms with van der Waals surface area (Å²) < 4.78 is 7.73. The quantitative estimate of drug-likeness (QED) is 0.443. The van der Waals surface area contributed by atoms with E-state index in [1.54, 1.807) is 6.33 Å². The molecule has 32 heavy (non-hydrogen) atoms. The van der Waals surface area contributed by atoms with Gasteiger partial charge in [0.05, 0.1) is 11.9 Å². The first-order valence-electron chi connectivity index (χ1n) is 11.2. The number of nitrogens with zero attached hydrogens (tertiary/aromatic N) is 4. The second kappa shape index (κ2) is 10.8. The molecule has 1 unspecified atom stereocenters. The summed E-state index contributed by atoms with van der Waals surface area (Å²) in [5.41, 5.74) is 3.41. The van der Waals surface area contributed by atoms with Gasteiger partial charge in [-0.3, -0.25) is 9.36 Å². The van der Waals surface area contributed by atoms with Crippen molar-refractivity contribution in [2.75, 3.05) is 18.9 Å². The molecule has 1 fully saturated rings. The number of benzene rings is 2. The zero-order valence-corrected chi connectivity index (χ0v) is 19.5. The molecule has 2 aromatic carbocycles. The number of aromatic nitrogens is 3. The Kier molecular flexibility index (Phi) is 7.60. The fourth-order valence-corrected chi connectivity index (χ4v) is 4.66. The van der Waals surface area contributed by atoms with Crippen LogP contribution in [0.25, 0.3) is 5.69 Å². The molecule has 7 heteroatoms. The van der Waals surface area contributed by atoms with Gasteiger partial charge in [-0.05, 0) is 42.0 Å². The van der Waals surface area contributed by atoms with Crippen molar-refractivity contribution in [3.05, 3.63) is 72.1 Å². The molecular weight excluding hydrogens is 420 g/mol. The SMILES string of the molecule is CC(C)c1ccc(-n2cnnc2SCC(=O)N(Cc2ccccc2)CC2CCCO2)cc1. The summed E-state index contributed by atoms with van der Waals surface area (Å²) in [6.07, 6.45) is 3.89. The van der Waals surface area contributed by atoms with Crippen LogP contribution in [0.15, 0.2) is 66.1 Å². The maximum atomic E-state index is 13.2. The zero-order valence-electron chi connectivity index (χ0n) is 18.7. The Morgan fingerprint density at radius 2 is 1.97 bits per heavy atom. The van der Waals surface area contributed by atoms with Crippen molar-refractivity contribution in [3.8, 4) is 5.69 Å². The molecular formula is C25H30N4O2S. The lowest BCUT2D eigenvalue weighted by Crippen LogP contribution is -2.38. The molecule has 0 aliphatic carbocycles. The van der Waals surface area contributed by atoms with Crippen molar-refractivity contribution < 1.29 is 9.53 Å². The van der Waals surface area contributed by atoms with Gasteiger partial charge in [0, 0.05) is 25.4 Å². The van der Waals surface area contributed by atoms with E-state index in [-0.39, 0.29) is 12.0 Å². The molecule has 1 aromatic heterocycles. The highest BCUT2D eigenvalue weighted by atomic mass is 32.2. The van der Waals surface area contributed by atoms with Gasteiger partial charge in [0.25, 0.3) is 0 Å². The minimum Gasteiger partial charge on any atom is -0.376 e. The largest absolute Gasteiger partial charge is 0.376 e. The molecule has 1 amide bonds. The highest BCUT2D eigenvalue weighted by Crippen LogP contribution is 2.23. The van der Waals surface area contributed by atoms with E-state index >= 15 is 0 Å². The van der Waals surface area contributed by atoms with Crippen LogP contribution in [0.5, 0.6) is 0 Å². The van der Waals surface area contributed by atoms with Crippen LogP contribution < -0.4 is 0 Å². The number of ether oxygens (including phenoxy) is 1. The summed E-state index contributed by atoms with van der Waals surface area (Å²) in [6, 6.07) is 18.5. The molecule has 168 valence electrons.